The summed E-state index contributed by atoms with van der Waals surface area (Å²) in [6, 6.07) is 4.90. The molecule has 1 aromatic carbocycles. The highest BCUT2D eigenvalue weighted by Gasteiger charge is 2.42. The highest BCUT2D eigenvalue weighted by atomic mass is 16.5. The van der Waals surface area contributed by atoms with Crippen LogP contribution in [-0.2, 0) is 22.2 Å². The maximum Gasteiger partial charge on any atom is 0.0720 e. The minimum Gasteiger partial charge on any atom is -0.376 e. The summed E-state index contributed by atoms with van der Waals surface area (Å²) in [5, 5.41) is 0. The van der Waals surface area contributed by atoms with E-state index in [1.54, 1.807) is 11.1 Å². The van der Waals surface area contributed by atoms with E-state index in [1.165, 1.54) is 17.5 Å². The highest BCUT2D eigenvalue weighted by molar-refractivity contribution is 5.50. The summed E-state index contributed by atoms with van der Waals surface area (Å²) in [7, 11) is 0. The van der Waals surface area contributed by atoms with E-state index in [2.05, 4.69) is 46.8 Å². The molecule has 0 fully saturated rings. The molecule has 1 nitrogen and oxygen atoms in total. The van der Waals surface area contributed by atoms with E-state index in [0.29, 0.717) is 16.7 Å². The number of benzene rings is 1. The van der Waals surface area contributed by atoms with Crippen LogP contribution in [0.3, 0.4) is 0 Å². The number of fused-ring (bicyclic) bond motifs is 2. The van der Waals surface area contributed by atoms with Gasteiger partial charge in [0.05, 0.1) is 13.2 Å². The monoisotopic (exact) mass is 244 g/mol. The second-order valence-electron chi connectivity index (χ2n) is 7.46. The summed E-state index contributed by atoms with van der Waals surface area (Å²) in [5.41, 5.74) is 6.66. The van der Waals surface area contributed by atoms with Crippen LogP contribution < -0.4 is 0 Å². The van der Waals surface area contributed by atoms with E-state index in [4.69, 9.17) is 4.74 Å². The number of rotatable bonds is 0. The minimum absolute atomic E-state index is 0.300. The SMILES string of the molecule is CC1COCc2cc3c(cc21)C(C)(C)CC3(C)C. The third-order valence-corrected chi connectivity index (χ3v) is 4.78. The molecule has 1 aromatic rings. The third kappa shape index (κ3) is 1.64. The lowest BCUT2D eigenvalue weighted by Gasteiger charge is -2.27. The fraction of sp³-hybridized carbons (Fsp3) is 0.647. The van der Waals surface area contributed by atoms with E-state index in [1.807, 2.05) is 0 Å². The Morgan fingerprint density at radius 3 is 2.33 bits per heavy atom. The lowest BCUT2D eigenvalue weighted by molar-refractivity contribution is 0.0949. The second-order valence-corrected chi connectivity index (χ2v) is 7.46. The standard InChI is InChI=1S/C17H24O/c1-11-8-18-9-12-6-14-15(7-13(11)12)17(4,5)10-16(14,2)3/h6-7,11H,8-10H2,1-5H3. The fourth-order valence-corrected chi connectivity index (χ4v) is 4.10. The zero-order valence-electron chi connectivity index (χ0n) is 12.3. The van der Waals surface area contributed by atoms with Crippen LogP contribution in [0.5, 0.6) is 0 Å². The number of hydrogen-bond acceptors (Lipinski definition) is 1. The van der Waals surface area contributed by atoms with Gasteiger partial charge in [0.25, 0.3) is 0 Å². The molecular formula is C17H24O. The molecule has 0 saturated carbocycles. The average molecular weight is 244 g/mol. The molecule has 2 aliphatic rings. The minimum atomic E-state index is 0.300. The van der Waals surface area contributed by atoms with Crippen LogP contribution in [0.25, 0.3) is 0 Å². The summed E-state index contributed by atoms with van der Waals surface area (Å²) in [6.45, 7) is 13.5. The molecule has 0 spiro atoms. The maximum atomic E-state index is 5.69. The molecule has 1 aliphatic heterocycles. The number of ether oxygens (including phenoxy) is 1. The molecule has 0 aromatic heterocycles. The predicted molar refractivity (Wildman–Crippen MR) is 75.2 cm³/mol. The van der Waals surface area contributed by atoms with Gasteiger partial charge in [0.2, 0.25) is 0 Å². The Labute approximate surface area is 111 Å². The van der Waals surface area contributed by atoms with E-state index >= 15 is 0 Å². The molecule has 3 rings (SSSR count). The molecule has 0 radical (unpaired) electrons. The smallest absolute Gasteiger partial charge is 0.0720 e. The molecule has 0 N–H and O–H groups in total. The van der Waals surface area contributed by atoms with E-state index in [0.717, 1.165) is 13.2 Å². The fourth-order valence-electron chi connectivity index (χ4n) is 4.10. The van der Waals surface area contributed by atoms with Crippen molar-refractivity contribution < 1.29 is 4.74 Å². The van der Waals surface area contributed by atoms with Gasteiger partial charge in [-0.25, -0.2) is 0 Å². The Kier molecular flexibility index (Phi) is 2.45. The predicted octanol–water partition coefficient (Wildman–Crippen LogP) is 4.28. The van der Waals surface area contributed by atoms with Crippen molar-refractivity contribution in [2.24, 2.45) is 0 Å². The summed E-state index contributed by atoms with van der Waals surface area (Å²) in [5.74, 6) is 0.540. The Balaban J connectivity index is 2.22. The van der Waals surface area contributed by atoms with Crippen LogP contribution in [0.15, 0.2) is 12.1 Å². The first-order valence-corrected chi connectivity index (χ1v) is 7.07. The summed E-state index contributed by atoms with van der Waals surface area (Å²) in [4.78, 5) is 0. The lowest BCUT2D eigenvalue weighted by Crippen LogP contribution is -2.18. The second kappa shape index (κ2) is 3.60. The van der Waals surface area contributed by atoms with Crippen LogP contribution in [0.2, 0.25) is 0 Å². The van der Waals surface area contributed by atoms with Crippen molar-refractivity contribution in [3.8, 4) is 0 Å². The summed E-state index contributed by atoms with van der Waals surface area (Å²) < 4.78 is 5.69. The van der Waals surface area contributed by atoms with Gasteiger partial charge in [0, 0.05) is 5.92 Å². The number of hydrogen-bond donors (Lipinski definition) is 0. The first kappa shape index (κ1) is 12.2. The van der Waals surface area contributed by atoms with Gasteiger partial charge in [-0.3, -0.25) is 0 Å². The molecule has 98 valence electrons. The molecule has 18 heavy (non-hydrogen) atoms. The molecule has 0 bridgehead atoms. The quantitative estimate of drug-likeness (QED) is 0.662. The topological polar surface area (TPSA) is 9.23 Å². The maximum absolute atomic E-state index is 5.69. The molecular weight excluding hydrogens is 220 g/mol. The largest absolute Gasteiger partial charge is 0.376 e. The van der Waals surface area contributed by atoms with Gasteiger partial charge in [0.15, 0.2) is 0 Å². The summed E-state index contributed by atoms with van der Waals surface area (Å²) in [6.07, 6.45) is 1.24. The normalized spacial score (nSPS) is 27.7. The van der Waals surface area contributed by atoms with Gasteiger partial charge in [-0.05, 0) is 39.5 Å². The Morgan fingerprint density at radius 1 is 1.06 bits per heavy atom. The molecule has 1 atom stereocenters. The van der Waals surface area contributed by atoms with Gasteiger partial charge >= 0.3 is 0 Å². The van der Waals surface area contributed by atoms with E-state index in [9.17, 15) is 0 Å². The van der Waals surface area contributed by atoms with Gasteiger partial charge in [0.1, 0.15) is 0 Å². The van der Waals surface area contributed by atoms with Gasteiger partial charge in [-0.2, -0.15) is 0 Å². The molecule has 1 aliphatic carbocycles. The average Bonchev–Trinajstić information content (AvgIpc) is 2.43. The molecule has 1 heteroatoms. The Hall–Kier alpha value is -0.820. The van der Waals surface area contributed by atoms with E-state index < -0.39 is 0 Å². The molecule has 1 heterocycles. The van der Waals surface area contributed by atoms with Crippen molar-refractivity contribution in [2.75, 3.05) is 6.61 Å². The van der Waals surface area contributed by atoms with Crippen molar-refractivity contribution in [1.29, 1.82) is 0 Å². The van der Waals surface area contributed by atoms with Crippen LogP contribution in [0.1, 0.15) is 69.2 Å². The van der Waals surface area contributed by atoms with Gasteiger partial charge < -0.3 is 4.74 Å². The first-order valence-electron chi connectivity index (χ1n) is 7.07. The van der Waals surface area contributed by atoms with Crippen LogP contribution in [0, 0.1) is 0 Å². The molecule has 0 amide bonds. The van der Waals surface area contributed by atoms with Crippen LogP contribution in [-0.4, -0.2) is 6.61 Å². The lowest BCUT2D eigenvalue weighted by atomic mass is 9.82. The zero-order chi connectivity index (χ0) is 13.1. The highest BCUT2D eigenvalue weighted by Crippen LogP contribution is 2.50. The zero-order valence-corrected chi connectivity index (χ0v) is 12.3. The van der Waals surface area contributed by atoms with Crippen molar-refractivity contribution in [2.45, 2.75) is 64.4 Å². The first-order chi connectivity index (χ1) is 8.31. The molecule has 0 saturated heterocycles. The van der Waals surface area contributed by atoms with Crippen molar-refractivity contribution in [1.82, 2.24) is 0 Å². The van der Waals surface area contributed by atoms with Crippen molar-refractivity contribution in [3.05, 3.63) is 34.4 Å². The van der Waals surface area contributed by atoms with E-state index in [-0.39, 0.29) is 0 Å². The van der Waals surface area contributed by atoms with Gasteiger partial charge in [-0.15, -0.1) is 0 Å². The Morgan fingerprint density at radius 2 is 1.67 bits per heavy atom. The van der Waals surface area contributed by atoms with Gasteiger partial charge in [-0.1, -0.05) is 46.8 Å². The summed E-state index contributed by atoms with van der Waals surface area (Å²) >= 11 is 0. The van der Waals surface area contributed by atoms with Crippen LogP contribution >= 0.6 is 0 Å². The molecule has 1 unspecified atom stereocenters. The van der Waals surface area contributed by atoms with Crippen molar-refractivity contribution in [3.63, 3.8) is 0 Å². The van der Waals surface area contributed by atoms with Crippen LogP contribution in [0.4, 0.5) is 0 Å². The third-order valence-electron chi connectivity index (χ3n) is 4.78. The Bertz CT molecular complexity index is 497. The van der Waals surface area contributed by atoms with Crippen molar-refractivity contribution >= 4 is 0 Å².